The molecule has 1 amide bonds. The van der Waals surface area contributed by atoms with E-state index in [4.69, 9.17) is 4.74 Å². The number of hydrogen-bond acceptors (Lipinski definition) is 4. The summed E-state index contributed by atoms with van der Waals surface area (Å²) >= 11 is 0. The van der Waals surface area contributed by atoms with Gasteiger partial charge in [0, 0.05) is 24.3 Å². The van der Waals surface area contributed by atoms with Crippen LogP contribution in [0, 0.1) is 5.92 Å². The van der Waals surface area contributed by atoms with Crippen molar-refractivity contribution in [3.05, 3.63) is 54.1 Å². The molecule has 1 aliphatic heterocycles. The molecule has 1 saturated heterocycles. The summed E-state index contributed by atoms with van der Waals surface area (Å²) in [6.45, 7) is 6.13. The fourth-order valence-corrected chi connectivity index (χ4v) is 4.23. The molecule has 28 heavy (non-hydrogen) atoms. The molecule has 0 bridgehead atoms. The Bertz CT molecular complexity index is 900. The van der Waals surface area contributed by atoms with E-state index < -0.39 is 10.0 Å². The van der Waals surface area contributed by atoms with Gasteiger partial charge in [-0.25, -0.2) is 8.42 Å². The van der Waals surface area contributed by atoms with Gasteiger partial charge in [0.1, 0.15) is 5.75 Å². The van der Waals surface area contributed by atoms with Crippen LogP contribution >= 0.6 is 0 Å². The molecule has 7 heteroatoms. The van der Waals surface area contributed by atoms with Gasteiger partial charge >= 0.3 is 0 Å². The molecular weight excluding hydrogens is 376 g/mol. The fourth-order valence-electron chi connectivity index (χ4n) is 3.17. The first-order chi connectivity index (χ1) is 13.4. The molecule has 0 radical (unpaired) electrons. The van der Waals surface area contributed by atoms with E-state index in [0.29, 0.717) is 29.5 Å². The molecule has 1 aliphatic rings. The van der Waals surface area contributed by atoms with Crippen molar-refractivity contribution in [1.29, 1.82) is 0 Å². The number of carbonyl (C=O) groups excluding carboxylic acids is 1. The van der Waals surface area contributed by atoms with Crippen molar-refractivity contribution in [3.63, 3.8) is 0 Å². The molecule has 6 nitrogen and oxygen atoms in total. The van der Waals surface area contributed by atoms with Gasteiger partial charge in [-0.05, 0) is 74.2 Å². The summed E-state index contributed by atoms with van der Waals surface area (Å²) in [5, 5.41) is 0. The second-order valence-electron chi connectivity index (χ2n) is 7.06. The summed E-state index contributed by atoms with van der Waals surface area (Å²) < 4.78 is 33.0. The Morgan fingerprint density at radius 2 is 1.68 bits per heavy atom. The highest BCUT2D eigenvalue weighted by Crippen LogP contribution is 2.21. The number of nitrogens with one attached hydrogen (secondary N) is 1. The first-order valence-electron chi connectivity index (χ1n) is 9.54. The molecule has 0 spiro atoms. The van der Waals surface area contributed by atoms with E-state index in [-0.39, 0.29) is 10.8 Å². The highest BCUT2D eigenvalue weighted by molar-refractivity contribution is 7.92. The molecule has 3 rings (SSSR count). The molecular formula is C21H26N2O4S. The highest BCUT2D eigenvalue weighted by Gasteiger charge is 2.21. The van der Waals surface area contributed by atoms with Crippen molar-refractivity contribution in [2.75, 3.05) is 24.4 Å². The predicted molar refractivity (Wildman–Crippen MR) is 109 cm³/mol. The molecule has 150 valence electrons. The SMILES string of the molecule is CCOc1ccc(S(=O)(=O)Nc2ccc(C(=O)N3CCC(C)CC3)cc2)cc1. The van der Waals surface area contributed by atoms with Crippen molar-refractivity contribution in [2.45, 2.75) is 31.6 Å². The lowest BCUT2D eigenvalue weighted by molar-refractivity contribution is 0.0697. The minimum absolute atomic E-state index is 0.00665. The number of amides is 1. The summed E-state index contributed by atoms with van der Waals surface area (Å²) in [5.41, 5.74) is 0.983. The van der Waals surface area contributed by atoms with E-state index in [2.05, 4.69) is 11.6 Å². The van der Waals surface area contributed by atoms with Gasteiger partial charge in [-0.1, -0.05) is 6.92 Å². The molecule has 1 heterocycles. The first kappa shape index (κ1) is 20.2. The normalized spacial score (nSPS) is 15.3. The van der Waals surface area contributed by atoms with Crippen LogP contribution in [0.15, 0.2) is 53.4 Å². The number of sulfonamides is 1. The van der Waals surface area contributed by atoms with Crippen LogP contribution in [0.1, 0.15) is 37.0 Å². The highest BCUT2D eigenvalue weighted by atomic mass is 32.2. The van der Waals surface area contributed by atoms with Gasteiger partial charge in [-0.2, -0.15) is 0 Å². The van der Waals surface area contributed by atoms with Crippen molar-refractivity contribution in [1.82, 2.24) is 4.90 Å². The number of likely N-dealkylation sites (tertiary alicyclic amines) is 1. The summed E-state index contributed by atoms with van der Waals surface area (Å²) in [4.78, 5) is 14.6. The Kier molecular flexibility index (Phi) is 6.24. The van der Waals surface area contributed by atoms with Crippen LogP contribution in [0.25, 0.3) is 0 Å². The number of carbonyl (C=O) groups is 1. The smallest absolute Gasteiger partial charge is 0.261 e. The molecule has 1 fully saturated rings. The third-order valence-corrected chi connectivity index (χ3v) is 6.30. The minimum Gasteiger partial charge on any atom is -0.494 e. The van der Waals surface area contributed by atoms with Gasteiger partial charge in [-0.15, -0.1) is 0 Å². The van der Waals surface area contributed by atoms with E-state index in [1.165, 1.54) is 12.1 Å². The van der Waals surface area contributed by atoms with Crippen LogP contribution in [-0.4, -0.2) is 38.9 Å². The average molecular weight is 403 g/mol. The molecule has 0 saturated carbocycles. The van der Waals surface area contributed by atoms with Gasteiger partial charge in [-0.3, -0.25) is 9.52 Å². The summed E-state index contributed by atoms with van der Waals surface area (Å²) in [6.07, 6.45) is 2.04. The molecule has 2 aromatic carbocycles. The topological polar surface area (TPSA) is 75.7 Å². The Labute approximate surface area is 166 Å². The Morgan fingerprint density at radius 1 is 1.07 bits per heavy atom. The predicted octanol–water partition coefficient (Wildman–Crippen LogP) is 3.76. The number of anilines is 1. The monoisotopic (exact) mass is 402 g/mol. The number of piperidine rings is 1. The quantitative estimate of drug-likeness (QED) is 0.798. The molecule has 0 aromatic heterocycles. The largest absolute Gasteiger partial charge is 0.494 e. The van der Waals surface area contributed by atoms with Crippen molar-refractivity contribution >= 4 is 21.6 Å². The van der Waals surface area contributed by atoms with Crippen LogP contribution < -0.4 is 9.46 Å². The molecule has 2 aromatic rings. The Balaban J connectivity index is 1.67. The second kappa shape index (κ2) is 8.65. The van der Waals surface area contributed by atoms with Gasteiger partial charge in [0.25, 0.3) is 15.9 Å². The Hall–Kier alpha value is -2.54. The summed E-state index contributed by atoms with van der Waals surface area (Å²) in [6, 6.07) is 12.8. The molecule has 1 N–H and O–H groups in total. The van der Waals surface area contributed by atoms with Gasteiger partial charge in [0.2, 0.25) is 0 Å². The maximum atomic E-state index is 12.6. The molecule has 0 aliphatic carbocycles. The van der Waals surface area contributed by atoms with Crippen LogP contribution in [-0.2, 0) is 10.0 Å². The lowest BCUT2D eigenvalue weighted by atomic mass is 9.98. The first-order valence-corrected chi connectivity index (χ1v) is 11.0. The molecule has 0 unspecified atom stereocenters. The standard InChI is InChI=1S/C21H26N2O4S/c1-3-27-19-8-10-20(11-9-19)28(25,26)22-18-6-4-17(5-7-18)21(24)23-14-12-16(2)13-15-23/h4-11,16,22H,3,12-15H2,1-2H3. The van der Waals surface area contributed by atoms with Gasteiger partial charge in [0.15, 0.2) is 0 Å². The van der Waals surface area contributed by atoms with E-state index in [1.54, 1.807) is 36.4 Å². The Morgan fingerprint density at radius 3 is 2.25 bits per heavy atom. The lowest BCUT2D eigenvalue weighted by Gasteiger charge is -2.30. The summed E-state index contributed by atoms with van der Waals surface area (Å²) in [5.74, 6) is 1.27. The van der Waals surface area contributed by atoms with Crippen molar-refractivity contribution < 1.29 is 17.9 Å². The minimum atomic E-state index is -3.71. The third-order valence-electron chi connectivity index (χ3n) is 4.90. The fraction of sp³-hybridized carbons (Fsp3) is 0.381. The third kappa shape index (κ3) is 4.84. The van der Waals surface area contributed by atoms with Crippen LogP contribution in [0.4, 0.5) is 5.69 Å². The number of nitrogens with zero attached hydrogens (tertiary/aromatic N) is 1. The molecule has 0 atom stereocenters. The van der Waals surface area contributed by atoms with E-state index in [9.17, 15) is 13.2 Å². The van der Waals surface area contributed by atoms with Crippen LogP contribution in [0.3, 0.4) is 0 Å². The zero-order chi connectivity index (χ0) is 20.1. The summed E-state index contributed by atoms with van der Waals surface area (Å²) in [7, 11) is -3.71. The van der Waals surface area contributed by atoms with Gasteiger partial charge in [0.05, 0.1) is 11.5 Å². The maximum Gasteiger partial charge on any atom is 0.261 e. The maximum absolute atomic E-state index is 12.6. The van der Waals surface area contributed by atoms with Gasteiger partial charge < -0.3 is 9.64 Å². The van der Waals surface area contributed by atoms with Crippen molar-refractivity contribution in [2.24, 2.45) is 5.92 Å². The van der Waals surface area contributed by atoms with Crippen LogP contribution in [0.2, 0.25) is 0 Å². The number of rotatable bonds is 6. The van der Waals surface area contributed by atoms with E-state index in [1.807, 2.05) is 11.8 Å². The lowest BCUT2D eigenvalue weighted by Crippen LogP contribution is -2.37. The number of hydrogen-bond donors (Lipinski definition) is 1. The second-order valence-corrected chi connectivity index (χ2v) is 8.74. The zero-order valence-electron chi connectivity index (χ0n) is 16.2. The zero-order valence-corrected chi connectivity index (χ0v) is 17.0. The van der Waals surface area contributed by atoms with E-state index in [0.717, 1.165) is 25.9 Å². The average Bonchev–Trinajstić information content (AvgIpc) is 2.69. The number of benzene rings is 2. The van der Waals surface area contributed by atoms with Crippen molar-refractivity contribution in [3.8, 4) is 5.75 Å². The number of ether oxygens (including phenoxy) is 1. The van der Waals surface area contributed by atoms with Crippen LogP contribution in [0.5, 0.6) is 5.75 Å². The van der Waals surface area contributed by atoms with E-state index >= 15 is 0 Å².